The zero-order chi connectivity index (χ0) is 28.7. The molecule has 1 aliphatic heterocycles. The smallest absolute Gasteiger partial charge is 0.264 e. The van der Waals surface area contributed by atoms with Gasteiger partial charge in [-0.1, -0.05) is 36.4 Å². The molecule has 0 saturated carbocycles. The van der Waals surface area contributed by atoms with Crippen molar-refractivity contribution in [1.82, 2.24) is 9.80 Å². The number of anilines is 1. The zero-order valence-corrected chi connectivity index (χ0v) is 23.8. The van der Waals surface area contributed by atoms with Crippen LogP contribution in [0.15, 0.2) is 76.6 Å². The van der Waals surface area contributed by atoms with Crippen LogP contribution >= 0.6 is 0 Å². The molecule has 1 N–H and O–H groups in total. The van der Waals surface area contributed by atoms with Gasteiger partial charge < -0.3 is 14.4 Å². The van der Waals surface area contributed by atoms with E-state index in [1.807, 2.05) is 30.0 Å². The second-order valence-electron chi connectivity index (χ2n) is 9.26. The Balaban J connectivity index is 1.39. The van der Waals surface area contributed by atoms with Crippen LogP contribution in [0.25, 0.3) is 6.08 Å². The average molecular weight is 563 g/mol. The summed E-state index contributed by atoms with van der Waals surface area (Å²) in [6.45, 7) is 8.68. The molecule has 1 fully saturated rings. The van der Waals surface area contributed by atoms with Gasteiger partial charge in [-0.15, -0.1) is 0 Å². The van der Waals surface area contributed by atoms with Crippen LogP contribution in [-0.4, -0.2) is 71.2 Å². The van der Waals surface area contributed by atoms with E-state index >= 15 is 0 Å². The van der Waals surface area contributed by atoms with Crippen LogP contribution in [0.5, 0.6) is 11.5 Å². The summed E-state index contributed by atoms with van der Waals surface area (Å²) in [4.78, 5) is 21.2. The van der Waals surface area contributed by atoms with Gasteiger partial charge in [0.2, 0.25) is 0 Å². The number of sulfonamides is 1. The minimum Gasteiger partial charge on any atom is -0.493 e. The van der Waals surface area contributed by atoms with Crippen molar-refractivity contribution in [2.45, 2.75) is 18.4 Å². The van der Waals surface area contributed by atoms with E-state index in [4.69, 9.17) is 9.47 Å². The van der Waals surface area contributed by atoms with Gasteiger partial charge in [0.05, 0.1) is 19.9 Å². The number of amides is 1. The molecule has 1 heterocycles. The van der Waals surface area contributed by atoms with Gasteiger partial charge in [-0.05, 0) is 50.0 Å². The molecule has 0 atom stereocenters. The molecule has 0 spiro atoms. The van der Waals surface area contributed by atoms with Crippen LogP contribution in [-0.2, 0) is 16.6 Å². The predicted octanol–water partition coefficient (Wildman–Crippen LogP) is 4.83. The first kappa shape index (κ1) is 28.8. The fourth-order valence-corrected chi connectivity index (χ4v) is 5.99. The van der Waals surface area contributed by atoms with Crippen LogP contribution in [0.1, 0.15) is 28.4 Å². The van der Waals surface area contributed by atoms with Crippen molar-refractivity contribution in [2.24, 2.45) is 4.99 Å². The molecule has 0 aliphatic carbocycles. The Morgan fingerprint density at radius 1 is 1.00 bits per heavy atom. The lowest BCUT2D eigenvalue weighted by molar-refractivity contribution is 0.0627. The van der Waals surface area contributed by atoms with Crippen LogP contribution in [0.3, 0.4) is 0 Å². The largest absolute Gasteiger partial charge is 0.493 e. The summed E-state index contributed by atoms with van der Waals surface area (Å²) in [6.07, 6.45) is 3.58. The van der Waals surface area contributed by atoms with E-state index in [1.54, 1.807) is 62.8 Å². The summed E-state index contributed by atoms with van der Waals surface area (Å²) in [5, 5.41) is 0. The maximum atomic E-state index is 13.2. The number of hydrogen-bond acceptors (Lipinski definition) is 7. The van der Waals surface area contributed by atoms with Crippen molar-refractivity contribution in [3.63, 3.8) is 0 Å². The number of allylic oxidation sites excluding steroid dienone is 1. The number of carbonyl (C=O) groups excluding carboxylic acids is 1. The van der Waals surface area contributed by atoms with E-state index in [0.29, 0.717) is 42.2 Å². The zero-order valence-electron chi connectivity index (χ0n) is 23.0. The number of carbonyl (C=O) groups is 1. The molecule has 0 unspecified atom stereocenters. The van der Waals surface area contributed by atoms with E-state index in [1.165, 1.54) is 6.07 Å². The number of rotatable bonds is 10. The summed E-state index contributed by atoms with van der Waals surface area (Å²) >= 11 is 0. The van der Waals surface area contributed by atoms with E-state index in [2.05, 4.69) is 21.3 Å². The maximum Gasteiger partial charge on any atom is 0.264 e. The standard InChI is InChI=1S/C30H34N4O5S/c1-5-8-22-9-7-12-27(28(22)31-2)40(36,37)32-25-15-13-23(14-16-25)30(35)34-19-17-33(18-20-34)21-24-10-6-11-26(38-3)29(24)39-4/h5-16,32H,2,17-21H2,1,3-4H3/b8-5-. The van der Waals surface area contributed by atoms with Gasteiger partial charge in [0.1, 0.15) is 4.90 Å². The van der Waals surface area contributed by atoms with Crippen molar-refractivity contribution in [1.29, 1.82) is 0 Å². The Bertz CT molecular complexity index is 1490. The van der Waals surface area contributed by atoms with Crippen LogP contribution < -0.4 is 14.2 Å². The van der Waals surface area contributed by atoms with Gasteiger partial charge in [0.15, 0.2) is 11.5 Å². The van der Waals surface area contributed by atoms with Crippen molar-refractivity contribution in [3.8, 4) is 11.5 Å². The number of aliphatic imine (C=N–C) groups is 1. The normalized spacial score (nSPS) is 14.2. The first-order valence-electron chi connectivity index (χ1n) is 12.9. The molecular formula is C30H34N4O5S. The summed E-state index contributed by atoms with van der Waals surface area (Å²) in [5.74, 6) is 1.33. The number of benzene rings is 3. The third-order valence-corrected chi connectivity index (χ3v) is 8.16. The van der Waals surface area contributed by atoms with Gasteiger partial charge in [-0.25, -0.2) is 8.42 Å². The molecule has 40 heavy (non-hydrogen) atoms. The highest BCUT2D eigenvalue weighted by atomic mass is 32.2. The van der Waals surface area contributed by atoms with E-state index < -0.39 is 10.0 Å². The minimum absolute atomic E-state index is 0.0303. The molecule has 1 amide bonds. The monoisotopic (exact) mass is 562 g/mol. The average Bonchev–Trinajstić information content (AvgIpc) is 2.97. The highest BCUT2D eigenvalue weighted by molar-refractivity contribution is 7.92. The minimum atomic E-state index is -3.93. The number of para-hydroxylation sites is 2. The van der Waals surface area contributed by atoms with Crippen molar-refractivity contribution in [2.75, 3.05) is 45.1 Å². The molecule has 0 radical (unpaired) electrons. The molecule has 10 heteroatoms. The number of nitrogens with one attached hydrogen (secondary N) is 1. The van der Waals surface area contributed by atoms with Crippen molar-refractivity contribution in [3.05, 3.63) is 83.4 Å². The molecule has 1 saturated heterocycles. The lowest BCUT2D eigenvalue weighted by atomic mass is 10.1. The number of hydrogen-bond donors (Lipinski definition) is 1. The number of ether oxygens (including phenoxy) is 2. The van der Waals surface area contributed by atoms with E-state index in [9.17, 15) is 13.2 Å². The van der Waals surface area contributed by atoms with Gasteiger partial charge in [0.25, 0.3) is 15.9 Å². The molecule has 4 rings (SSSR count). The quantitative estimate of drug-likeness (QED) is 0.356. The summed E-state index contributed by atoms with van der Waals surface area (Å²) in [6, 6.07) is 17.2. The summed E-state index contributed by atoms with van der Waals surface area (Å²) < 4.78 is 39.8. The van der Waals surface area contributed by atoms with Crippen molar-refractivity contribution < 1.29 is 22.7 Å². The second kappa shape index (κ2) is 12.8. The Morgan fingerprint density at radius 3 is 2.33 bits per heavy atom. The third kappa shape index (κ3) is 6.35. The van der Waals surface area contributed by atoms with Gasteiger partial charge in [-0.3, -0.25) is 19.4 Å². The Morgan fingerprint density at radius 2 is 1.70 bits per heavy atom. The molecule has 0 aromatic heterocycles. The third-order valence-electron chi connectivity index (χ3n) is 6.75. The predicted molar refractivity (Wildman–Crippen MR) is 158 cm³/mol. The molecule has 9 nitrogen and oxygen atoms in total. The first-order chi connectivity index (χ1) is 19.3. The fourth-order valence-electron chi connectivity index (χ4n) is 4.74. The molecule has 3 aromatic rings. The molecule has 210 valence electrons. The molecule has 0 bridgehead atoms. The number of methoxy groups -OCH3 is 2. The number of nitrogens with zero attached hydrogens (tertiary/aromatic N) is 3. The maximum absolute atomic E-state index is 13.2. The van der Waals surface area contributed by atoms with Gasteiger partial charge in [0, 0.05) is 55.1 Å². The fraction of sp³-hybridized carbons (Fsp3) is 0.267. The lowest BCUT2D eigenvalue weighted by Crippen LogP contribution is -2.48. The number of piperazine rings is 1. The van der Waals surface area contributed by atoms with Gasteiger partial charge >= 0.3 is 0 Å². The van der Waals surface area contributed by atoms with E-state index in [-0.39, 0.29) is 16.5 Å². The topological polar surface area (TPSA) is 101 Å². The van der Waals surface area contributed by atoms with Gasteiger partial charge in [-0.2, -0.15) is 0 Å². The Kier molecular flexibility index (Phi) is 9.23. The summed E-state index contributed by atoms with van der Waals surface area (Å²) in [7, 11) is -0.677. The highest BCUT2D eigenvalue weighted by Gasteiger charge is 2.24. The van der Waals surface area contributed by atoms with E-state index in [0.717, 1.165) is 24.4 Å². The van der Waals surface area contributed by atoms with Crippen LogP contribution in [0, 0.1) is 0 Å². The molecular weight excluding hydrogens is 528 g/mol. The molecule has 3 aromatic carbocycles. The van der Waals surface area contributed by atoms with Crippen LogP contribution in [0.4, 0.5) is 11.4 Å². The second-order valence-corrected chi connectivity index (χ2v) is 10.9. The SMILES string of the molecule is C=Nc1c(/C=C\C)cccc1S(=O)(=O)Nc1ccc(C(=O)N2CCN(Cc3cccc(OC)c3OC)CC2)cc1. The highest BCUT2D eigenvalue weighted by Crippen LogP contribution is 2.32. The Hall–Kier alpha value is -4.15. The summed E-state index contributed by atoms with van der Waals surface area (Å²) in [5.41, 5.74) is 2.81. The van der Waals surface area contributed by atoms with Crippen molar-refractivity contribution >= 4 is 40.1 Å². The lowest BCUT2D eigenvalue weighted by Gasteiger charge is -2.35. The Labute approximate surface area is 235 Å². The first-order valence-corrected chi connectivity index (χ1v) is 14.4. The molecule has 1 aliphatic rings. The van der Waals surface area contributed by atoms with Crippen LogP contribution in [0.2, 0.25) is 0 Å².